The van der Waals surface area contributed by atoms with Gasteiger partial charge in [0.15, 0.2) is 0 Å². The number of aryl methyl sites for hydroxylation is 3. The van der Waals surface area contributed by atoms with Crippen molar-refractivity contribution >= 4 is 147 Å². The van der Waals surface area contributed by atoms with Crippen molar-refractivity contribution in [3.63, 3.8) is 0 Å². The Labute approximate surface area is 520 Å². The van der Waals surface area contributed by atoms with Gasteiger partial charge in [-0.15, -0.1) is 0 Å². The average molecular weight is 1190 g/mol. The Hall–Kier alpha value is -9.51. The summed E-state index contributed by atoms with van der Waals surface area (Å²) in [6.07, 6.45) is 4.47. The van der Waals surface area contributed by atoms with E-state index in [1.807, 2.05) is 0 Å². The summed E-state index contributed by atoms with van der Waals surface area (Å²) in [6.45, 7) is 0.977. The van der Waals surface area contributed by atoms with E-state index in [-0.39, 0.29) is 90.0 Å². The summed E-state index contributed by atoms with van der Waals surface area (Å²) in [5.74, 6) is -0.843. The lowest BCUT2D eigenvalue weighted by Gasteiger charge is -2.18. The largest absolute Gasteiger partial charge is 0.463 e. The molecule has 9 nitrogen and oxygen atoms in total. The molecule has 0 saturated carbocycles. The molecule has 0 aliphatic rings. The molecule has 446 valence electrons. The molecule has 0 fully saturated rings. The molecule has 90 heavy (non-hydrogen) atoms. The minimum absolute atomic E-state index is 0.0632. The zero-order valence-corrected chi connectivity index (χ0v) is 50.3. The predicted octanol–water partition coefficient (Wildman–Crippen LogP) is 18.3. The Morgan fingerprint density at radius 3 is 0.833 bits per heavy atom. The number of carbonyl (C=O) groups excluding carboxylic acids is 3. The Bertz CT molecular complexity index is 4800. The van der Waals surface area contributed by atoms with E-state index in [9.17, 15) is 14.4 Å². The van der Waals surface area contributed by atoms with E-state index in [0.29, 0.717) is 19.3 Å². The molecule has 0 aliphatic carbocycles. The Morgan fingerprint density at radius 1 is 0.267 bits per heavy atom. The van der Waals surface area contributed by atoms with E-state index in [1.165, 1.54) is 146 Å². The summed E-state index contributed by atoms with van der Waals surface area (Å²) in [7, 11) is 0. The fourth-order valence-corrected chi connectivity index (χ4v) is 14.6. The highest BCUT2D eigenvalue weighted by molar-refractivity contribution is 6.35. The summed E-state index contributed by atoms with van der Waals surface area (Å²) < 4.78 is 35.1. The van der Waals surface area contributed by atoms with E-state index in [0.717, 1.165) is 19.3 Å². The van der Waals surface area contributed by atoms with Gasteiger partial charge in [0.2, 0.25) is 0 Å². The summed E-state index contributed by atoms with van der Waals surface area (Å²) in [5.41, 5.74) is 3.64. The molecule has 0 N–H and O–H groups in total. The Balaban J connectivity index is 0.527. The molecule has 0 aliphatic heterocycles. The van der Waals surface area contributed by atoms with Gasteiger partial charge in [-0.05, 0) is 184 Å². The van der Waals surface area contributed by atoms with Crippen LogP contribution in [0.3, 0.4) is 0 Å². The SMILES string of the molecule is O=C(CCCc1ccc2c3cccc4cccc(c5cccc1c52)c43)OCCOCC(COCCOC(=O)CCCc1ccc2c3cccc4cccc(c5cccc1c52)c43)OCCOC(=O)CCCc1ccc2c3cccc4cccc(c5cccc1c52)c43. The highest BCUT2D eigenvalue weighted by atomic mass is 16.6. The molecule has 0 bridgehead atoms. The minimum Gasteiger partial charge on any atom is -0.463 e. The topological polar surface area (TPSA) is 107 Å². The molecule has 0 unspecified atom stereocenters. The van der Waals surface area contributed by atoms with Crippen LogP contribution in [0.5, 0.6) is 0 Å². The van der Waals surface area contributed by atoms with Crippen molar-refractivity contribution in [1.29, 1.82) is 0 Å². The Morgan fingerprint density at radius 2 is 0.522 bits per heavy atom. The smallest absolute Gasteiger partial charge is 0.305 e. The first-order valence-electron chi connectivity index (χ1n) is 31.9. The highest BCUT2D eigenvalue weighted by Crippen LogP contribution is 2.45. The quantitative estimate of drug-likeness (QED) is 0.0172. The standard InChI is InChI=1S/C81H68O9/c82-73(34-7-13-51-37-40-70-64-28-4-19-54-16-1-25-61(76(54)64)67-31-10-22-58(51)79(67)70)88-45-43-85-49-57(87-47-48-90-75(84)36-9-15-53-39-42-72-66-30-6-21-56-18-3-27-63(78(56)66)69-33-12-24-60(53)81(69)72)50-86-44-46-89-74(83)35-8-14-52-38-41-71-65-29-5-20-55-17-2-26-62(77(55)65)68-32-11-23-59(52)80(68)71/h1-6,10-12,16-33,37-42,57H,7-9,13-15,34-36,43-50H2. The zero-order chi connectivity index (χ0) is 60.5. The maximum atomic E-state index is 13.1. The van der Waals surface area contributed by atoms with E-state index < -0.39 is 6.10 Å². The van der Waals surface area contributed by atoms with Crippen molar-refractivity contribution in [3.8, 4) is 0 Å². The normalized spacial score (nSPS) is 12.2. The molecule has 0 saturated heterocycles. The zero-order valence-electron chi connectivity index (χ0n) is 50.3. The van der Waals surface area contributed by atoms with Crippen molar-refractivity contribution in [2.45, 2.75) is 63.9 Å². The van der Waals surface area contributed by atoms with E-state index in [2.05, 4.69) is 200 Å². The van der Waals surface area contributed by atoms with Crippen molar-refractivity contribution in [3.05, 3.63) is 217 Å². The number of esters is 3. The van der Waals surface area contributed by atoms with E-state index in [4.69, 9.17) is 28.4 Å². The van der Waals surface area contributed by atoms with E-state index >= 15 is 0 Å². The molecule has 0 heterocycles. The van der Waals surface area contributed by atoms with Crippen LogP contribution in [0, 0.1) is 0 Å². The molecular formula is C81H68O9. The van der Waals surface area contributed by atoms with Crippen LogP contribution in [0.4, 0.5) is 0 Å². The minimum atomic E-state index is -0.533. The lowest BCUT2D eigenvalue weighted by molar-refractivity contribution is -0.150. The first kappa shape index (κ1) is 57.0. The summed E-state index contributed by atoms with van der Waals surface area (Å²) in [5, 5.41) is 30.1. The lowest BCUT2D eigenvalue weighted by atomic mass is 9.87. The molecule has 15 aromatic rings. The van der Waals surface area contributed by atoms with Crippen molar-refractivity contribution < 1.29 is 42.8 Å². The first-order chi connectivity index (χ1) is 44.4. The van der Waals surface area contributed by atoms with Crippen LogP contribution in [-0.4, -0.2) is 76.9 Å². The molecular weight excluding hydrogens is 1120 g/mol. The molecule has 15 rings (SSSR count). The number of benzene rings is 15. The number of carbonyl (C=O) groups is 3. The van der Waals surface area contributed by atoms with Gasteiger partial charge in [-0.3, -0.25) is 14.4 Å². The van der Waals surface area contributed by atoms with Crippen LogP contribution < -0.4 is 0 Å². The van der Waals surface area contributed by atoms with Gasteiger partial charge in [-0.25, -0.2) is 0 Å². The van der Waals surface area contributed by atoms with Crippen molar-refractivity contribution in [1.82, 2.24) is 0 Å². The van der Waals surface area contributed by atoms with E-state index in [1.54, 1.807) is 0 Å². The van der Waals surface area contributed by atoms with Gasteiger partial charge < -0.3 is 28.4 Å². The van der Waals surface area contributed by atoms with Crippen LogP contribution in [0.2, 0.25) is 0 Å². The number of hydrogen-bond donors (Lipinski definition) is 0. The number of hydrogen-bond acceptors (Lipinski definition) is 9. The maximum Gasteiger partial charge on any atom is 0.305 e. The van der Waals surface area contributed by atoms with Gasteiger partial charge in [0.05, 0.1) is 33.0 Å². The van der Waals surface area contributed by atoms with Gasteiger partial charge >= 0.3 is 17.9 Å². The van der Waals surface area contributed by atoms with Gasteiger partial charge in [0.1, 0.15) is 25.9 Å². The molecule has 0 aromatic heterocycles. The predicted molar refractivity (Wildman–Crippen MR) is 366 cm³/mol. The van der Waals surface area contributed by atoms with Gasteiger partial charge in [-0.2, -0.15) is 0 Å². The second kappa shape index (κ2) is 25.2. The molecule has 0 spiro atoms. The second-order valence-corrected chi connectivity index (χ2v) is 24.0. The van der Waals surface area contributed by atoms with Crippen LogP contribution in [0.1, 0.15) is 55.2 Å². The number of fused-ring (bicyclic) bond motifs is 6. The maximum absolute atomic E-state index is 13.1. The molecule has 9 heteroatoms. The van der Waals surface area contributed by atoms with Gasteiger partial charge in [-0.1, -0.05) is 200 Å². The van der Waals surface area contributed by atoms with Crippen LogP contribution in [0.15, 0.2) is 200 Å². The fourth-order valence-electron chi connectivity index (χ4n) is 14.6. The molecule has 15 aromatic carbocycles. The molecule has 0 atom stereocenters. The first-order valence-corrected chi connectivity index (χ1v) is 31.9. The highest BCUT2D eigenvalue weighted by Gasteiger charge is 2.20. The van der Waals surface area contributed by atoms with Crippen molar-refractivity contribution in [2.75, 3.05) is 52.9 Å². The lowest BCUT2D eigenvalue weighted by Crippen LogP contribution is -2.29. The third-order valence-corrected chi connectivity index (χ3v) is 18.6. The summed E-state index contributed by atoms with van der Waals surface area (Å²) >= 11 is 0. The summed E-state index contributed by atoms with van der Waals surface area (Å²) in [4.78, 5) is 39.2. The second-order valence-electron chi connectivity index (χ2n) is 24.0. The number of ether oxygens (including phenoxy) is 6. The third kappa shape index (κ3) is 10.8. The number of rotatable bonds is 26. The van der Waals surface area contributed by atoms with Gasteiger partial charge in [0.25, 0.3) is 0 Å². The van der Waals surface area contributed by atoms with Gasteiger partial charge in [0, 0.05) is 19.3 Å². The van der Waals surface area contributed by atoms with Crippen LogP contribution in [-0.2, 0) is 62.1 Å². The molecule has 0 radical (unpaired) electrons. The fraction of sp³-hybridized carbons (Fsp3) is 0.222. The summed E-state index contributed by atoms with van der Waals surface area (Å²) in [6, 6.07) is 72.2. The van der Waals surface area contributed by atoms with Crippen molar-refractivity contribution in [2.24, 2.45) is 0 Å². The average Bonchev–Trinajstić information content (AvgIpc) is 0.765. The van der Waals surface area contributed by atoms with Crippen LogP contribution in [0.25, 0.3) is 129 Å². The molecule has 0 amide bonds. The van der Waals surface area contributed by atoms with Crippen LogP contribution >= 0.6 is 0 Å². The third-order valence-electron chi connectivity index (χ3n) is 18.6. The Kier molecular flexibility index (Phi) is 15.9. The monoisotopic (exact) mass is 1180 g/mol.